The van der Waals surface area contributed by atoms with E-state index in [-0.39, 0.29) is 0 Å². The first-order valence-electron chi connectivity index (χ1n) is 5.43. The highest BCUT2D eigenvalue weighted by Crippen LogP contribution is 2.14. The van der Waals surface area contributed by atoms with E-state index in [2.05, 4.69) is 21.4 Å². The fourth-order valence-electron chi connectivity index (χ4n) is 1.44. The Morgan fingerprint density at radius 3 is 2.82 bits per heavy atom. The molecular formula is C13H15N3O. The minimum atomic E-state index is 0.608. The van der Waals surface area contributed by atoms with Gasteiger partial charge in [0, 0.05) is 36.4 Å². The number of anilines is 1. The van der Waals surface area contributed by atoms with Gasteiger partial charge in [0.05, 0.1) is 7.11 Å². The van der Waals surface area contributed by atoms with E-state index in [1.54, 1.807) is 13.3 Å². The van der Waals surface area contributed by atoms with Gasteiger partial charge in [0.15, 0.2) is 0 Å². The first kappa shape index (κ1) is 11.4. The highest BCUT2D eigenvalue weighted by Gasteiger charge is 1.97. The van der Waals surface area contributed by atoms with Crippen molar-refractivity contribution in [2.45, 2.75) is 13.5 Å². The van der Waals surface area contributed by atoms with E-state index in [1.165, 1.54) is 0 Å². The van der Waals surface area contributed by atoms with Crippen LogP contribution in [-0.4, -0.2) is 17.1 Å². The molecule has 2 aromatic rings. The van der Waals surface area contributed by atoms with Crippen LogP contribution in [0, 0.1) is 6.92 Å². The third kappa shape index (κ3) is 3.17. The van der Waals surface area contributed by atoms with Crippen LogP contribution in [0.2, 0.25) is 0 Å². The molecule has 1 N–H and O–H groups in total. The van der Waals surface area contributed by atoms with Crippen LogP contribution in [0.15, 0.2) is 36.7 Å². The van der Waals surface area contributed by atoms with Gasteiger partial charge < -0.3 is 10.1 Å². The zero-order valence-corrected chi connectivity index (χ0v) is 9.97. The van der Waals surface area contributed by atoms with E-state index in [9.17, 15) is 0 Å². The minimum absolute atomic E-state index is 0.608. The number of hydrogen-bond donors (Lipinski definition) is 1. The van der Waals surface area contributed by atoms with Crippen molar-refractivity contribution in [2.75, 3.05) is 12.4 Å². The molecule has 0 aliphatic rings. The topological polar surface area (TPSA) is 47.0 Å². The molecule has 0 aliphatic heterocycles. The predicted molar refractivity (Wildman–Crippen MR) is 67.1 cm³/mol. The lowest BCUT2D eigenvalue weighted by molar-refractivity contribution is 0.398. The minimum Gasteiger partial charge on any atom is -0.481 e. The molecule has 0 amide bonds. The Balaban J connectivity index is 1.99. The van der Waals surface area contributed by atoms with E-state index >= 15 is 0 Å². The second-order valence-corrected chi connectivity index (χ2v) is 3.75. The maximum absolute atomic E-state index is 5.06. The molecule has 0 saturated carbocycles. The molecule has 0 unspecified atom stereocenters. The Labute approximate surface area is 101 Å². The molecule has 0 saturated heterocycles. The Bertz CT molecular complexity index is 482. The summed E-state index contributed by atoms with van der Waals surface area (Å²) in [5.41, 5.74) is 3.16. The van der Waals surface area contributed by atoms with Crippen LogP contribution >= 0.6 is 0 Å². The number of aromatic nitrogens is 2. The summed E-state index contributed by atoms with van der Waals surface area (Å²) in [4.78, 5) is 8.30. The number of methoxy groups -OCH3 is 1. The second-order valence-electron chi connectivity index (χ2n) is 3.75. The fourth-order valence-corrected chi connectivity index (χ4v) is 1.44. The van der Waals surface area contributed by atoms with E-state index < -0.39 is 0 Å². The van der Waals surface area contributed by atoms with Crippen molar-refractivity contribution < 1.29 is 4.74 Å². The van der Waals surface area contributed by atoms with Gasteiger partial charge in [-0.05, 0) is 24.6 Å². The zero-order chi connectivity index (χ0) is 12.1. The smallest absolute Gasteiger partial charge is 0.214 e. The summed E-state index contributed by atoms with van der Waals surface area (Å²) in [6, 6.07) is 7.84. The highest BCUT2D eigenvalue weighted by molar-refractivity contribution is 5.45. The standard InChI is InChI=1S/C13H15N3O/c1-10-3-4-11(8-15-10)9-16-12-5-6-14-13(7-12)17-2/h3-8H,9H2,1-2H3,(H,14,16). The maximum atomic E-state index is 5.06. The molecule has 4 heteroatoms. The molecule has 0 radical (unpaired) electrons. The van der Waals surface area contributed by atoms with Crippen molar-refractivity contribution in [3.8, 4) is 5.88 Å². The number of ether oxygens (including phenoxy) is 1. The highest BCUT2D eigenvalue weighted by atomic mass is 16.5. The number of hydrogen-bond acceptors (Lipinski definition) is 4. The summed E-state index contributed by atoms with van der Waals surface area (Å²) in [5, 5.41) is 3.30. The van der Waals surface area contributed by atoms with Crippen LogP contribution in [0.5, 0.6) is 5.88 Å². The molecule has 88 valence electrons. The summed E-state index contributed by atoms with van der Waals surface area (Å²) >= 11 is 0. The summed E-state index contributed by atoms with van der Waals surface area (Å²) in [5.74, 6) is 0.608. The van der Waals surface area contributed by atoms with Gasteiger partial charge >= 0.3 is 0 Å². The molecule has 0 bridgehead atoms. The monoisotopic (exact) mass is 229 g/mol. The van der Waals surface area contributed by atoms with Crippen LogP contribution in [0.3, 0.4) is 0 Å². The number of rotatable bonds is 4. The normalized spacial score (nSPS) is 10.0. The third-order valence-electron chi connectivity index (χ3n) is 2.41. The average molecular weight is 229 g/mol. The van der Waals surface area contributed by atoms with Gasteiger partial charge in [-0.1, -0.05) is 6.07 Å². The molecule has 0 atom stereocenters. The lowest BCUT2D eigenvalue weighted by Crippen LogP contribution is -2.00. The summed E-state index contributed by atoms with van der Waals surface area (Å²) in [6.07, 6.45) is 3.59. The van der Waals surface area contributed by atoms with Crippen LogP contribution in [-0.2, 0) is 6.54 Å². The maximum Gasteiger partial charge on any atom is 0.214 e. The van der Waals surface area contributed by atoms with Crippen molar-refractivity contribution in [3.63, 3.8) is 0 Å². The van der Waals surface area contributed by atoms with Gasteiger partial charge in [0.25, 0.3) is 0 Å². The SMILES string of the molecule is COc1cc(NCc2ccc(C)nc2)ccn1. The van der Waals surface area contributed by atoms with Crippen LogP contribution < -0.4 is 10.1 Å². The Morgan fingerprint density at radius 1 is 1.24 bits per heavy atom. The molecule has 17 heavy (non-hydrogen) atoms. The molecule has 0 aliphatic carbocycles. The lowest BCUT2D eigenvalue weighted by Gasteiger charge is -2.07. The average Bonchev–Trinajstić information content (AvgIpc) is 2.38. The largest absolute Gasteiger partial charge is 0.481 e. The quantitative estimate of drug-likeness (QED) is 0.874. The zero-order valence-electron chi connectivity index (χ0n) is 9.97. The predicted octanol–water partition coefficient (Wildman–Crippen LogP) is 2.41. The first-order valence-corrected chi connectivity index (χ1v) is 5.43. The molecule has 0 aromatic carbocycles. The number of pyridine rings is 2. The molecule has 2 heterocycles. The Hall–Kier alpha value is -2.10. The van der Waals surface area contributed by atoms with Crippen LogP contribution in [0.25, 0.3) is 0 Å². The fraction of sp³-hybridized carbons (Fsp3) is 0.231. The van der Waals surface area contributed by atoms with Gasteiger partial charge in [-0.3, -0.25) is 4.98 Å². The Kier molecular flexibility index (Phi) is 3.55. The molecule has 4 nitrogen and oxygen atoms in total. The van der Waals surface area contributed by atoms with Crippen LogP contribution in [0.1, 0.15) is 11.3 Å². The van der Waals surface area contributed by atoms with Crippen molar-refractivity contribution in [1.29, 1.82) is 0 Å². The van der Waals surface area contributed by atoms with Crippen LogP contribution in [0.4, 0.5) is 5.69 Å². The number of aryl methyl sites for hydroxylation is 1. The van der Waals surface area contributed by atoms with E-state index in [4.69, 9.17) is 4.74 Å². The van der Waals surface area contributed by atoms with Crippen molar-refractivity contribution in [3.05, 3.63) is 47.9 Å². The summed E-state index contributed by atoms with van der Waals surface area (Å²) in [6.45, 7) is 2.71. The van der Waals surface area contributed by atoms with Gasteiger partial charge in [0.2, 0.25) is 5.88 Å². The van der Waals surface area contributed by atoms with Gasteiger partial charge in [-0.15, -0.1) is 0 Å². The molecular weight excluding hydrogens is 214 g/mol. The summed E-state index contributed by atoms with van der Waals surface area (Å²) < 4.78 is 5.06. The lowest BCUT2D eigenvalue weighted by atomic mass is 10.2. The number of nitrogens with zero attached hydrogens (tertiary/aromatic N) is 2. The molecule has 0 spiro atoms. The Morgan fingerprint density at radius 2 is 2.12 bits per heavy atom. The van der Waals surface area contributed by atoms with E-state index in [1.807, 2.05) is 31.3 Å². The van der Waals surface area contributed by atoms with E-state index in [0.717, 1.165) is 23.5 Å². The molecule has 2 rings (SSSR count). The number of nitrogens with one attached hydrogen (secondary N) is 1. The first-order chi connectivity index (χ1) is 8.28. The van der Waals surface area contributed by atoms with E-state index in [0.29, 0.717) is 5.88 Å². The van der Waals surface area contributed by atoms with Gasteiger partial charge in [0.1, 0.15) is 0 Å². The third-order valence-corrected chi connectivity index (χ3v) is 2.41. The van der Waals surface area contributed by atoms with Gasteiger partial charge in [-0.2, -0.15) is 0 Å². The van der Waals surface area contributed by atoms with Crippen molar-refractivity contribution in [2.24, 2.45) is 0 Å². The second kappa shape index (κ2) is 5.30. The molecule has 2 aromatic heterocycles. The molecule has 0 fully saturated rings. The van der Waals surface area contributed by atoms with Crippen molar-refractivity contribution in [1.82, 2.24) is 9.97 Å². The van der Waals surface area contributed by atoms with Gasteiger partial charge in [-0.25, -0.2) is 4.98 Å². The van der Waals surface area contributed by atoms with Crippen molar-refractivity contribution >= 4 is 5.69 Å². The summed E-state index contributed by atoms with van der Waals surface area (Å²) in [7, 11) is 1.61.